The number of alkyl halides is 1. The van der Waals surface area contributed by atoms with Gasteiger partial charge in [0.15, 0.2) is 23.1 Å². The number of rotatable bonds is 4. The molecule has 2 heterocycles. The standard InChI is InChI=1S/C22H20F4O2/c1-12-4-6-14-9-15-10-16(17-7-5-13(11-27-17)3-2-8-23)19(25)20(26)22(15)28-21(14)18(12)24/h4-6,10,17H,2-3,7-9,11H2,1H3. The Morgan fingerprint density at radius 1 is 1.04 bits per heavy atom. The minimum absolute atomic E-state index is 0.0482. The van der Waals surface area contributed by atoms with Crippen LogP contribution in [0.4, 0.5) is 17.6 Å². The fraction of sp³-hybridized carbons (Fsp3) is 0.364. The average Bonchev–Trinajstić information content (AvgIpc) is 2.71. The van der Waals surface area contributed by atoms with Gasteiger partial charge in [-0.15, -0.1) is 0 Å². The van der Waals surface area contributed by atoms with E-state index in [0.29, 0.717) is 36.0 Å². The van der Waals surface area contributed by atoms with E-state index in [1.54, 1.807) is 25.1 Å². The Morgan fingerprint density at radius 3 is 2.54 bits per heavy atom. The maximum Gasteiger partial charge on any atom is 0.201 e. The predicted octanol–water partition coefficient (Wildman–Crippen LogP) is 6.25. The maximum atomic E-state index is 14.7. The lowest BCUT2D eigenvalue weighted by Gasteiger charge is -2.27. The third-order valence-corrected chi connectivity index (χ3v) is 5.29. The van der Waals surface area contributed by atoms with Gasteiger partial charge >= 0.3 is 0 Å². The summed E-state index contributed by atoms with van der Waals surface area (Å²) < 4.78 is 67.2. The molecule has 6 heteroatoms. The van der Waals surface area contributed by atoms with Crippen molar-refractivity contribution in [2.75, 3.05) is 13.3 Å². The minimum atomic E-state index is -1.13. The van der Waals surface area contributed by atoms with E-state index in [-0.39, 0.29) is 30.1 Å². The van der Waals surface area contributed by atoms with Crippen molar-refractivity contribution >= 4 is 0 Å². The molecule has 1 atom stereocenters. The molecule has 148 valence electrons. The Morgan fingerprint density at radius 2 is 1.82 bits per heavy atom. The van der Waals surface area contributed by atoms with Crippen LogP contribution >= 0.6 is 0 Å². The van der Waals surface area contributed by atoms with Crippen LogP contribution in [0.1, 0.15) is 47.6 Å². The van der Waals surface area contributed by atoms with Crippen LogP contribution in [0, 0.1) is 24.4 Å². The molecule has 2 aliphatic rings. The monoisotopic (exact) mass is 392 g/mol. The van der Waals surface area contributed by atoms with E-state index >= 15 is 0 Å². The van der Waals surface area contributed by atoms with E-state index in [0.717, 1.165) is 5.57 Å². The summed E-state index contributed by atoms with van der Waals surface area (Å²) >= 11 is 0. The van der Waals surface area contributed by atoms with Crippen molar-refractivity contribution in [2.24, 2.45) is 0 Å². The molecule has 0 bridgehead atoms. The van der Waals surface area contributed by atoms with Gasteiger partial charge in [0.05, 0.1) is 19.4 Å². The summed E-state index contributed by atoms with van der Waals surface area (Å²) in [6.07, 6.45) is 2.95. The molecule has 0 N–H and O–H groups in total. The second kappa shape index (κ2) is 7.59. The largest absolute Gasteiger partial charge is 0.450 e. The zero-order valence-electron chi connectivity index (χ0n) is 15.5. The fourth-order valence-corrected chi connectivity index (χ4v) is 3.70. The zero-order chi connectivity index (χ0) is 19.8. The van der Waals surface area contributed by atoms with Crippen LogP contribution < -0.4 is 4.74 Å². The van der Waals surface area contributed by atoms with Gasteiger partial charge in [0.2, 0.25) is 5.82 Å². The first-order valence-electron chi connectivity index (χ1n) is 9.31. The molecule has 0 saturated heterocycles. The Hall–Kier alpha value is -2.34. The van der Waals surface area contributed by atoms with Gasteiger partial charge in [-0.25, -0.2) is 8.78 Å². The minimum Gasteiger partial charge on any atom is -0.450 e. The average molecular weight is 392 g/mol. The van der Waals surface area contributed by atoms with E-state index < -0.39 is 30.2 Å². The van der Waals surface area contributed by atoms with Crippen molar-refractivity contribution in [2.45, 2.75) is 38.7 Å². The summed E-state index contributed by atoms with van der Waals surface area (Å²) in [4.78, 5) is 0. The molecule has 4 rings (SSSR count). The van der Waals surface area contributed by atoms with Gasteiger partial charge in [-0.05, 0) is 43.4 Å². The quantitative estimate of drug-likeness (QED) is 0.386. The number of ether oxygens (including phenoxy) is 2. The van der Waals surface area contributed by atoms with E-state index in [1.807, 2.05) is 6.08 Å². The highest BCUT2D eigenvalue weighted by Gasteiger charge is 2.30. The van der Waals surface area contributed by atoms with E-state index in [2.05, 4.69) is 0 Å². The SMILES string of the molecule is Cc1ccc2c(c1F)Oc1c(cc(C3CC=C(CCCF)CO3)c(F)c1F)C2. The molecule has 1 unspecified atom stereocenters. The normalized spacial score (nSPS) is 18.2. The van der Waals surface area contributed by atoms with E-state index in [4.69, 9.17) is 9.47 Å². The van der Waals surface area contributed by atoms with Gasteiger partial charge in [-0.1, -0.05) is 18.2 Å². The lowest BCUT2D eigenvalue weighted by Crippen LogP contribution is -2.16. The van der Waals surface area contributed by atoms with Gasteiger partial charge in [0.25, 0.3) is 0 Å². The smallest absolute Gasteiger partial charge is 0.201 e. The molecule has 0 aliphatic carbocycles. The van der Waals surface area contributed by atoms with Crippen LogP contribution in [0.25, 0.3) is 0 Å². The predicted molar refractivity (Wildman–Crippen MR) is 97.0 cm³/mol. The molecular formula is C22H20F4O2. The number of fused-ring (bicyclic) bond motifs is 2. The molecule has 2 aliphatic heterocycles. The van der Waals surface area contributed by atoms with Crippen LogP contribution in [-0.4, -0.2) is 13.3 Å². The maximum absolute atomic E-state index is 14.7. The van der Waals surface area contributed by atoms with E-state index in [1.165, 1.54) is 0 Å². The first-order chi connectivity index (χ1) is 13.5. The molecule has 2 nitrogen and oxygen atoms in total. The summed E-state index contributed by atoms with van der Waals surface area (Å²) in [7, 11) is 0. The van der Waals surface area contributed by atoms with Gasteiger partial charge in [0.1, 0.15) is 0 Å². The van der Waals surface area contributed by atoms with Crippen molar-refractivity contribution in [3.8, 4) is 11.5 Å². The molecule has 0 aromatic heterocycles. The summed E-state index contributed by atoms with van der Waals surface area (Å²) in [6, 6.07) is 4.91. The highest BCUT2D eigenvalue weighted by molar-refractivity contribution is 5.53. The lowest BCUT2D eigenvalue weighted by molar-refractivity contribution is 0.0565. The van der Waals surface area contributed by atoms with Crippen LogP contribution in [0.5, 0.6) is 11.5 Å². The Balaban J connectivity index is 1.64. The first-order valence-corrected chi connectivity index (χ1v) is 9.31. The van der Waals surface area contributed by atoms with Crippen molar-refractivity contribution < 1.29 is 27.0 Å². The third-order valence-electron chi connectivity index (χ3n) is 5.29. The van der Waals surface area contributed by atoms with Gasteiger partial charge in [-0.3, -0.25) is 4.39 Å². The molecule has 0 saturated carbocycles. The van der Waals surface area contributed by atoms with Gasteiger partial charge in [0, 0.05) is 23.1 Å². The number of hydrogen-bond donors (Lipinski definition) is 0. The lowest BCUT2D eigenvalue weighted by atomic mass is 9.93. The molecule has 0 amide bonds. The second-order valence-electron chi connectivity index (χ2n) is 7.24. The number of hydrogen-bond acceptors (Lipinski definition) is 2. The summed E-state index contributed by atoms with van der Waals surface area (Å²) in [6.45, 7) is 1.46. The summed E-state index contributed by atoms with van der Waals surface area (Å²) in [5, 5.41) is 0. The van der Waals surface area contributed by atoms with Gasteiger partial charge in [-0.2, -0.15) is 4.39 Å². The molecule has 28 heavy (non-hydrogen) atoms. The highest BCUT2D eigenvalue weighted by atomic mass is 19.2. The zero-order valence-corrected chi connectivity index (χ0v) is 15.5. The van der Waals surface area contributed by atoms with Gasteiger partial charge < -0.3 is 9.47 Å². The van der Waals surface area contributed by atoms with Crippen molar-refractivity contribution in [3.05, 3.63) is 69.6 Å². The molecule has 0 radical (unpaired) electrons. The van der Waals surface area contributed by atoms with Crippen LogP contribution in [0.15, 0.2) is 29.8 Å². The molecule has 0 fully saturated rings. The fourth-order valence-electron chi connectivity index (χ4n) is 3.70. The van der Waals surface area contributed by atoms with Crippen molar-refractivity contribution in [1.29, 1.82) is 0 Å². The van der Waals surface area contributed by atoms with Crippen LogP contribution in [-0.2, 0) is 11.2 Å². The van der Waals surface area contributed by atoms with Crippen LogP contribution in [0.3, 0.4) is 0 Å². The molecule has 2 aromatic carbocycles. The van der Waals surface area contributed by atoms with Crippen LogP contribution in [0.2, 0.25) is 0 Å². The number of benzene rings is 2. The summed E-state index contributed by atoms with van der Waals surface area (Å²) in [5.41, 5.74) is 2.52. The first kappa shape index (κ1) is 19.0. The highest BCUT2D eigenvalue weighted by Crippen LogP contribution is 2.43. The Labute approximate surface area is 160 Å². The molecule has 2 aromatic rings. The van der Waals surface area contributed by atoms with Crippen molar-refractivity contribution in [1.82, 2.24) is 0 Å². The number of halogens is 4. The van der Waals surface area contributed by atoms with E-state index in [9.17, 15) is 17.6 Å². The van der Waals surface area contributed by atoms with Crippen molar-refractivity contribution in [3.63, 3.8) is 0 Å². The second-order valence-corrected chi connectivity index (χ2v) is 7.24. The molecular weight excluding hydrogens is 372 g/mol. The Kier molecular flexibility index (Phi) is 5.15. The Bertz CT molecular complexity index is 952. The number of aryl methyl sites for hydroxylation is 1. The molecule has 0 spiro atoms. The third kappa shape index (κ3) is 3.30. The topological polar surface area (TPSA) is 18.5 Å². The summed E-state index contributed by atoms with van der Waals surface area (Å²) in [5.74, 6) is -3.05.